The third kappa shape index (κ3) is 4.14. The molecular weight excluding hydrogens is 498 g/mol. The number of pyridine rings is 2. The molecule has 0 saturated carbocycles. The Balaban J connectivity index is 1.50. The van der Waals surface area contributed by atoms with Crippen molar-refractivity contribution in [2.45, 2.75) is 20.3 Å². The minimum atomic E-state index is -0.0153. The summed E-state index contributed by atoms with van der Waals surface area (Å²) in [5, 5.41) is 3.28. The molecule has 4 nitrogen and oxygen atoms in total. The van der Waals surface area contributed by atoms with E-state index in [0.29, 0.717) is 5.39 Å². The van der Waals surface area contributed by atoms with Crippen LogP contribution in [0.2, 0.25) is 5.02 Å². The molecule has 0 bridgehead atoms. The molecule has 0 radical (unpaired) electrons. The Morgan fingerprint density at radius 1 is 0.946 bits per heavy atom. The summed E-state index contributed by atoms with van der Waals surface area (Å²) >= 11 is 7.89. The van der Waals surface area contributed by atoms with E-state index in [4.69, 9.17) is 16.6 Å². The third-order valence-electron chi connectivity index (χ3n) is 6.88. The van der Waals surface area contributed by atoms with Gasteiger partial charge in [0.05, 0.1) is 15.9 Å². The fourth-order valence-corrected chi connectivity index (χ4v) is 6.21. The highest BCUT2D eigenvalue weighted by Gasteiger charge is 2.17. The molecule has 6 heteroatoms. The highest BCUT2D eigenvalue weighted by atomic mass is 35.5. The predicted molar refractivity (Wildman–Crippen MR) is 156 cm³/mol. The SMILES string of the molecule is CCc1c(C)cc2nc(-c3ccnc(-c4ccc5ccn(C)c(=O)c5c4)c3)sc2c1-c1ccc(Cl)cc1. The zero-order valence-corrected chi connectivity index (χ0v) is 22.3. The summed E-state index contributed by atoms with van der Waals surface area (Å²) in [4.78, 5) is 22.3. The number of fused-ring (bicyclic) bond motifs is 2. The van der Waals surface area contributed by atoms with Gasteiger partial charge in [-0.2, -0.15) is 0 Å². The van der Waals surface area contributed by atoms with Gasteiger partial charge < -0.3 is 4.57 Å². The van der Waals surface area contributed by atoms with Gasteiger partial charge in [-0.25, -0.2) is 4.98 Å². The molecule has 0 aliphatic rings. The van der Waals surface area contributed by atoms with Gasteiger partial charge in [-0.05, 0) is 77.9 Å². The second kappa shape index (κ2) is 9.25. The first-order valence-electron chi connectivity index (χ1n) is 12.2. The second-order valence-electron chi connectivity index (χ2n) is 9.24. The highest BCUT2D eigenvalue weighted by Crippen LogP contribution is 2.41. The Hall–Kier alpha value is -3.80. The van der Waals surface area contributed by atoms with Crippen molar-refractivity contribution >= 4 is 43.9 Å². The average Bonchev–Trinajstić information content (AvgIpc) is 3.34. The summed E-state index contributed by atoms with van der Waals surface area (Å²) in [6.07, 6.45) is 4.54. The van der Waals surface area contributed by atoms with E-state index in [-0.39, 0.29) is 5.56 Å². The number of thiazole rings is 1. The summed E-state index contributed by atoms with van der Waals surface area (Å²) in [6, 6.07) is 22.2. The summed E-state index contributed by atoms with van der Waals surface area (Å²) in [7, 11) is 1.77. The van der Waals surface area contributed by atoms with Crippen molar-refractivity contribution in [3.05, 3.63) is 106 Å². The van der Waals surface area contributed by atoms with E-state index in [0.717, 1.165) is 49.7 Å². The number of halogens is 1. The van der Waals surface area contributed by atoms with Gasteiger partial charge in [0.15, 0.2) is 0 Å². The van der Waals surface area contributed by atoms with E-state index < -0.39 is 0 Å². The predicted octanol–water partition coefficient (Wildman–Crippen LogP) is 8.07. The molecular formula is C31H24ClN3OS. The standard InChI is InChI=1S/C31H24ClN3OS/c1-4-24-18(2)15-27-29(28(24)20-7-9-23(32)10-8-20)37-30(34-27)22-11-13-33-26(17-22)21-6-5-19-12-14-35(3)31(36)25(19)16-21/h5-17H,4H2,1-3H3. The molecule has 3 heterocycles. The van der Waals surface area contributed by atoms with E-state index in [9.17, 15) is 4.79 Å². The van der Waals surface area contributed by atoms with Crippen LogP contribution in [0.1, 0.15) is 18.1 Å². The minimum Gasteiger partial charge on any atom is -0.318 e. The van der Waals surface area contributed by atoms with E-state index in [1.165, 1.54) is 21.4 Å². The van der Waals surface area contributed by atoms with Gasteiger partial charge in [-0.15, -0.1) is 11.3 Å². The summed E-state index contributed by atoms with van der Waals surface area (Å²) < 4.78 is 2.77. The second-order valence-corrected chi connectivity index (χ2v) is 10.7. The van der Waals surface area contributed by atoms with Crippen molar-refractivity contribution in [2.24, 2.45) is 7.05 Å². The summed E-state index contributed by atoms with van der Waals surface area (Å²) in [5.41, 5.74) is 8.66. The van der Waals surface area contributed by atoms with Crippen LogP contribution in [-0.2, 0) is 13.5 Å². The Bertz CT molecular complexity index is 1870. The van der Waals surface area contributed by atoms with Gasteiger partial charge in [-0.1, -0.05) is 42.8 Å². The van der Waals surface area contributed by atoms with Crippen LogP contribution in [-0.4, -0.2) is 14.5 Å². The smallest absolute Gasteiger partial charge is 0.258 e. The molecule has 0 aliphatic carbocycles. The number of aromatic nitrogens is 3. The lowest BCUT2D eigenvalue weighted by Gasteiger charge is -2.12. The number of aryl methyl sites for hydroxylation is 2. The lowest BCUT2D eigenvalue weighted by Crippen LogP contribution is -2.15. The number of benzene rings is 3. The van der Waals surface area contributed by atoms with E-state index in [1.807, 2.05) is 48.7 Å². The first-order valence-corrected chi connectivity index (χ1v) is 13.4. The lowest BCUT2D eigenvalue weighted by molar-refractivity contribution is 0.873. The van der Waals surface area contributed by atoms with Crippen LogP contribution in [0, 0.1) is 6.92 Å². The van der Waals surface area contributed by atoms with E-state index in [2.05, 4.69) is 43.1 Å². The summed E-state index contributed by atoms with van der Waals surface area (Å²) in [5.74, 6) is 0. The van der Waals surface area contributed by atoms with Crippen LogP contribution in [0.25, 0.3) is 53.9 Å². The molecule has 0 aliphatic heterocycles. The molecule has 0 fully saturated rings. The van der Waals surface area contributed by atoms with Crippen molar-refractivity contribution in [2.75, 3.05) is 0 Å². The molecule has 0 spiro atoms. The largest absolute Gasteiger partial charge is 0.318 e. The fourth-order valence-electron chi connectivity index (χ4n) is 4.95. The monoisotopic (exact) mass is 521 g/mol. The first-order chi connectivity index (χ1) is 17.9. The highest BCUT2D eigenvalue weighted by molar-refractivity contribution is 7.22. The van der Waals surface area contributed by atoms with Crippen molar-refractivity contribution in [3.8, 4) is 33.0 Å². The molecule has 0 unspecified atom stereocenters. The van der Waals surface area contributed by atoms with Gasteiger partial charge in [-0.3, -0.25) is 9.78 Å². The quantitative estimate of drug-likeness (QED) is 0.235. The maximum Gasteiger partial charge on any atom is 0.258 e. The molecule has 0 N–H and O–H groups in total. The maximum absolute atomic E-state index is 12.7. The van der Waals surface area contributed by atoms with Crippen molar-refractivity contribution in [1.29, 1.82) is 0 Å². The molecule has 37 heavy (non-hydrogen) atoms. The van der Waals surface area contributed by atoms with Gasteiger partial charge in [0.1, 0.15) is 5.01 Å². The molecule has 0 saturated heterocycles. The van der Waals surface area contributed by atoms with Gasteiger partial charge in [0, 0.05) is 46.5 Å². The fraction of sp³-hybridized carbons (Fsp3) is 0.129. The Morgan fingerprint density at radius 3 is 2.51 bits per heavy atom. The van der Waals surface area contributed by atoms with Crippen LogP contribution >= 0.6 is 22.9 Å². The van der Waals surface area contributed by atoms with Crippen LogP contribution in [0.3, 0.4) is 0 Å². The molecule has 6 aromatic rings. The third-order valence-corrected chi connectivity index (χ3v) is 8.27. The van der Waals surface area contributed by atoms with Crippen LogP contribution in [0.15, 0.2) is 83.9 Å². The topological polar surface area (TPSA) is 47.8 Å². The zero-order chi connectivity index (χ0) is 25.7. The Kier molecular flexibility index (Phi) is 5.90. The molecule has 0 amide bonds. The van der Waals surface area contributed by atoms with Crippen molar-refractivity contribution in [1.82, 2.24) is 14.5 Å². The van der Waals surface area contributed by atoms with Crippen LogP contribution < -0.4 is 5.56 Å². The Labute approximate surface area is 223 Å². The molecule has 6 rings (SSSR count). The van der Waals surface area contributed by atoms with Crippen LogP contribution in [0.5, 0.6) is 0 Å². The normalized spacial score (nSPS) is 11.5. The van der Waals surface area contributed by atoms with Gasteiger partial charge in [0.2, 0.25) is 0 Å². The summed E-state index contributed by atoms with van der Waals surface area (Å²) in [6.45, 7) is 4.35. The first kappa shape index (κ1) is 23.6. The number of hydrogen-bond acceptors (Lipinski definition) is 4. The molecule has 3 aromatic heterocycles. The lowest BCUT2D eigenvalue weighted by atomic mass is 9.94. The molecule has 182 valence electrons. The van der Waals surface area contributed by atoms with Gasteiger partial charge >= 0.3 is 0 Å². The Morgan fingerprint density at radius 2 is 1.73 bits per heavy atom. The van der Waals surface area contributed by atoms with Crippen LogP contribution in [0.4, 0.5) is 0 Å². The number of nitrogens with zero attached hydrogens (tertiary/aromatic N) is 3. The number of rotatable bonds is 4. The number of hydrogen-bond donors (Lipinski definition) is 0. The van der Waals surface area contributed by atoms with E-state index in [1.54, 1.807) is 29.1 Å². The van der Waals surface area contributed by atoms with Crippen molar-refractivity contribution < 1.29 is 0 Å². The van der Waals surface area contributed by atoms with E-state index >= 15 is 0 Å². The van der Waals surface area contributed by atoms with Crippen molar-refractivity contribution in [3.63, 3.8) is 0 Å². The maximum atomic E-state index is 12.7. The van der Waals surface area contributed by atoms with Gasteiger partial charge in [0.25, 0.3) is 5.56 Å². The minimum absolute atomic E-state index is 0.0153. The molecule has 3 aromatic carbocycles. The average molecular weight is 522 g/mol. The zero-order valence-electron chi connectivity index (χ0n) is 20.7. The molecule has 0 atom stereocenters.